The molecule has 0 saturated carbocycles. The van der Waals surface area contributed by atoms with Gasteiger partial charge < -0.3 is 11.1 Å². The highest BCUT2D eigenvalue weighted by atomic mass is 32.1. The number of nitrogens with zero attached hydrogens (tertiary/aromatic N) is 1. The fraction of sp³-hybridized carbons (Fsp3) is 0.158. The third kappa shape index (κ3) is 3.53. The molecule has 1 aromatic heterocycles. The van der Waals surface area contributed by atoms with Crippen molar-refractivity contribution >= 4 is 33.8 Å². The van der Waals surface area contributed by atoms with E-state index in [4.69, 9.17) is 5.73 Å². The Morgan fingerprint density at radius 3 is 2.56 bits per heavy atom. The molecular formula is C19H18FN3OS. The normalized spacial score (nSPS) is 10.7. The lowest BCUT2D eigenvalue weighted by atomic mass is 9.97. The van der Waals surface area contributed by atoms with Crippen molar-refractivity contribution in [2.45, 2.75) is 20.8 Å². The molecule has 0 bridgehead atoms. The number of aromatic nitrogens is 1. The minimum atomic E-state index is -0.350. The highest BCUT2D eigenvalue weighted by molar-refractivity contribution is 7.18. The standard InChI is InChI=1S/C19H18FN3OS/c1-10-7-12(3)15(8-11(10)2)16(24)17-18(21)23-19(25-17)22-14-6-4-5-13(20)9-14/h4-9H,21H2,1-3H3,(H,22,23). The Kier molecular flexibility index (Phi) is 4.55. The summed E-state index contributed by atoms with van der Waals surface area (Å²) in [5.74, 6) is -0.328. The number of nitrogen functional groups attached to an aromatic ring is 1. The van der Waals surface area contributed by atoms with E-state index in [1.54, 1.807) is 12.1 Å². The Morgan fingerprint density at radius 2 is 1.84 bits per heavy atom. The van der Waals surface area contributed by atoms with Crippen LogP contribution in [0.4, 0.5) is 21.0 Å². The van der Waals surface area contributed by atoms with Crippen LogP contribution >= 0.6 is 11.3 Å². The Hall–Kier alpha value is -2.73. The average molecular weight is 355 g/mol. The monoisotopic (exact) mass is 355 g/mol. The smallest absolute Gasteiger partial charge is 0.207 e. The number of halogens is 1. The molecule has 1 heterocycles. The second-order valence-corrected chi connectivity index (χ2v) is 6.95. The molecule has 0 unspecified atom stereocenters. The lowest BCUT2D eigenvalue weighted by molar-refractivity contribution is 0.104. The summed E-state index contributed by atoms with van der Waals surface area (Å²) in [4.78, 5) is 17.4. The maximum Gasteiger partial charge on any atom is 0.207 e. The molecule has 0 aliphatic carbocycles. The van der Waals surface area contributed by atoms with Gasteiger partial charge in [0.25, 0.3) is 0 Å². The summed E-state index contributed by atoms with van der Waals surface area (Å²) in [6, 6.07) is 9.90. The van der Waals surface area contributed by atoms with E-state index in [1.807, 2.05) is 32.9 Å². The number of nitrogens with two attached hydrogens (primary N) is 1. The highest BCUT2D eigenvalue weighted by Crippen LogP contribution is 2.31. The summed E-state index contributed by atoms with van der Waals surface area (Å²) in [6.07, 6.45) is 0. The van der Waals surface area contributed by atoms with Crippen LogP contribution < -0.4 is 11.1 Å². The number of ketones is 1. The first kappa shape index (κ1) is 17.1. The lowest BCUT2D eigenvalue weighted by Crippen LogP contribution is -2.05. The second kappa shape index (κ2) is 6.64. The number of benzene rings is 2. The predicted molar refractivity (Wildman–Crippen MR) is 100 cm³/mol. The fourth-order valence-electron chi connectivity index (χ4n) is 2.57. The Bertz CT molecular complexity index is 965. The predicted octanol–water partition coefficient (Wildman–Crippen LogP) is 4.76. The van der Waals surface area contributed by atoms with Crippen LogP contribution in [-0.2, 0) is 0 Å². The van der Waals surface area contributed by atoms with E-state index in [1.165, 1.54) is 12.1 Å². The number of carbonyl (C=O) groups is 1. The van der Waals surface area contributed by atoms with Crippen LogP contribution in [0.3, 0.4) is 0 Å². The van der Waals surface area contributed by atoms with Crippen molar-refractivity contribution in [3.8, 4) is 0 Å². The molecule has 0 fully saturated rings. The van der Waals surface area contributed by atoms with Crippen LogP contribution in [0.25, 0.3) is 0 Å². The number of anilines is 3. The first-order valence-corrected chi connectivity index (χ1v) is 8.58. The zero-order chi connectivity index (χ0) is 18.1. The van der Waals surface area contributed by atoms with Crippen molar-refractivity contribution in [1.82, 2.24) is 4.98 Å². The number of hydrogen-bond acceptors (Lipinski definition) is 5. The quantitative estimate of drug-likeness (QED) is 0.662. The Morgan fingerprint density at radius 1 is 1.12 bits per heavy atom. The lowest BCUT2D eigenvalue weighted by Gasteiger charge is -2.08. The van der Waals surface area contributed by atoms with Crippen molar-refractivity contribution in [2.75, 3.05) is 11.1 Å². The van der Waals surface area contributed by atoms with Gasteiger partial charge in [0.1, 0.15) is 16.5 Å². The van der Waals surface area contributed by atoms with Crippen molar-refractivity contribution < 1.29 is 9.18 Å². The molecule has 4 nitrogen and oxygen atoms in total. The van der Waals surface area contributed by atoms with Crippen molar-refractivity contribution in [2.24, 2.45) is 0 Å². The average Bonchev–Trinajstić information content (AvgIpc) is 2.90. The van der Waals surface area contributed by atoms with Gasteiger partial charge in [0.05, 0.1) is 0 Å². The van der Waals surface area contributed by atoms with Crippen LogP contribution in [0.1, 0.15) is 31.9 Å². The van der Waals surface area contributed by atoms with Gasteiger partial charge in [-0.1, -0.05) is 23.5 Å². The molecule has 0 aliphatic heterocycles. The van der Waals surface area contributed by atoms with Gasteiger partial charge in [0.15, 0.2) is 5.13 Å². The van der Waals surface area contributed by atoms with Gasteiger partial charge in [-0.25, -0.2) is 9.37 Å². The van der Waals surface area contributed by atoms with Gasteiger partial charge in [-0.3, -0.25) is 4.79 Å². The largest absolute Gasteiger partial charge is 0.382 e. The number of thiazole rings is 1. The molecule has 0 saturated heterocycles. The van der Waals surface area contributed by atoms with E-state index in [0.717, 1.165) is 28.0 Å². The molecule has 25 heavy (non-hydrogen) atoms. The molecule has 0 atom stereocenters. The van der Waals surface area contributed by atoms with Gasteiger partial charge in [-0.15, -0.1) is 0 Å². The summed E-state index contributed by atoms with van der Waals surface area (Å²) >= 11 is 1.16. The number of rotatable bonds is 4. The van der Waals surface area contributed by atoms with Gasteiger partial charge >= 0.3 is 0 Å². The molecule has 2 aromatic carbocycles. The minimum Gasteiger partial charge on any atom is -0.382 e. The first-order valence-electron chi connectivity index (χ1n) is 7.76. The van der Waals surface area contributed by atoms with E-state index < -0.39 is 0 Å². The van der Waals surface area contributed by atoms with Crippen LogP contribution in [0, 0.1) is 26.6 Å². The van der Waals surface area contributed by atoms with Crippen LogP contribution in [0.15, 0.2) is 36.4 Å². The SMILES string of the molecule is Cc1cc(C)c(C(=O)c2sc(Nc3cccc(F)c3)nc2N)cc1C. The van der Waals surface area contributed by atoms with E-state index >= 15 is 0 Å². The maximum atomic E-state index is 13.3. The molecule has 3 aromatic rings. The number of hydrogen-bond donors (Lipinski definition) is 2. The molecule has 3 rings (SSSR count). The summed E-state index contributed by atoms with van der Waals surface area (Å²) in [6.45, 7) is 5.89. The Labute approximate surface area is 149 Å². The summed E-state index contributed by atoms with van der Waals surface area (Å²) in [7, 11) is 0. The first-order chi connectivity index (χ1) is 11.8. The molecule has 6 heteroatoms. The fourth-order valence-corrected chi connectivity index (χ4v) is 3.42. The number of aryl methyl sites for hydroxylation is 3. The Balaban J connectivity index is 1.92. The van der Waals surface area contributed by atoms with Gasteiger partial charge in [0, 0.05) is 11.3 Å². The van der Waals surface area contributed by atoms with E-state index in [-0.39, 0.29) is 17.4 Å². The third-order valence-electron chi connectivity index (χ3n) is 4.02. The van der Waals surface area contributed by atoms with Crippen LogP contribution in [0.5, 0.6) is 0 Å². The minimum absolute atomic E-state index is 0.150. The van der Waals surface area contributed by atoms with E-state index in [9.17, 15) is 9.18 Å². The maximum absolute atomic E-state index is 13.3. The highest BCUT2D eigenvalue weighted by Gasteiger charge is 2.20. The molecule has 0 amide bonds. The molecule has 3 N–H and O–H groups in total. The zero-order valence-corrected chi connectivity index (χ0v) is 15.0. The topological polar surface area (TPSA) is 68.0 Å². The van der Waals surface area contributed by atoms with Crippen LogP contribution in [0.2, 0.25) is 0 Å². The van der Waals surface area contributed by atoms with Crippen molar-refractivity contribution in [3.63, 3.8) is 0 Å². The summed E-state index contributed by atoms with van der Waals surface area (Å²) in [5, 5.41) is 3.43. The molecule has 0 spiro atoms. The van der Waals surface area contributed by atoms with E-state index in [2.05, 4.69) is 10.3 Å². The molecular weight excluding hydrogens is 337 g/mol. The van der Waals surface area contributed by atoms with E-state index in [0.29, 0.717) is 21.3 Å². The molecule has 0 aliphatic rings. The molecule has 0 radical (unpaired) electrons. The second-order valence-electron chi connectivity index (χ2n) is 5.95. The third-order valence-corrected chi connectivity index (χ3v) is 5.01. The van der Waals surface area contributed by atoms with Crippen molar-refractivity contribution in [3.05, 3.63) is 69.3 Å². The zero-order valence-electron chi connectivity index (χ0n) is 14.2. The number of nitrogens with one attached hydrogen (secondary N) is 1. The number of carbonyl (C=O) groups excluding carboxylic acids is 1. The van der Waals surface area contributed by atoms with Crippen LogP contribution in [-0.4, -0.2) is 10.8 Å². The summed E-state index contributed by atoms with van der Waals surface area (Å²) in [5.41, 5.74) is 10.2. The summed E-state index contributed by atoms with van der Waals surface area (Å²) < 4.78 is 13.3. The van der Waals surface area contributed by atoms with Gasteiger partial charge in [-0.05, 0) is 61.7 Å². The van der Waals surface area contributed by atoms with Crippen molar-refractivity contribution in [1.29, 1.82) is 0 Å². The molecule has 128 valence electrons. The van der Waals surface area contributed by atoms with Gasteiger partial charge in [0.2, 0.25) is 5.78 Å². The van der Waals surface area contributed by atoms with Gasteiger partial charge in [-0.2, -0.15) is 0 Å².